The largest absolute Gasteiger partial charge is 0.512 e. The minimum atomic E-state index is -1.48. The highest BCUT2D eigenvalue weighted by atomic mass is 31.1. The van der Waals surface area contributed by atoms with Crippen LogP contribution in [0.4, 0.5) is 0 Å². The molecule has 0 rings (SSSR count). The van der Waals surface area contributed by atoms with E-state index in [1.54, 1.807) is 6.08 Å². The first-order valence-electron chi connectivity index (χ1n) is 5.49. The molecular formula is C11H22O2P+. The van der Waals surface area contributed by atoms with E-state index in [1.165, 1.54) is 32.1 Å². The molecule has 3 heteroatoms. The molecule has 0 saturated heterocycles. The van der Waals surface area contributed by atoms with E-state index in [0.29, 0.717) is 12.8 Å². The summed E-state index contributed by atoms with van der Waals surface area (Å²) in [7, 11) is -1.48. The molecule has 0 aromatic heterocycles. The molecule has 1 atom stereocenters. The Morgan fingerprint density at radius 2 is 1.86 bits per heavy atom. The highest BCUT2D eigenvalue weighted by molar-refractivity contribution is 7.39. The van der Waals surface area contributed by atoms with E-state index < -0.39 is 8.03 Å². The van der Waals surface area contributed by atoms with Crippen molar-refractivity contribution >= 4 is 8.03 Å². The lowest BCUT2D eigenvalue weighted by Gasteiger charge is -1.96. The van der Waals surface area contributed by atoms with Gasteiger partial charge in [0.15, 0.2) is 6.16 Å². The van der Waals surface area contributed by atoms with Crippen LogP contribution in [0.2, 0.25) is 0 Å². The van der Waals surface area contributed by atoms with Crippen molar-refractivity contribution in [1.82, 2.24) is 0 Å². The summed E-state index contributed by atoms with van der Waals surface area (Å²) in [6.45, 7) is 6.36. The third-order valence-electron chi connectivity index (χ3n) is 2.01. The summed E-state index contributed by atoms with van der Waals surface area (Å²) in [6.07, 6.45) is 9.53. The number of hydrogen-bond acceptors (Lipinski definition) is 2. The van der Waals surface area contributed by atoms with Crippen molar-refractivity contribution in [1.29, 1.82) is 0 Å². The minimum Gasteiger partial charge on any atom is -0.146 e. The molecule has 0 fully saturated rings. The van der Waals surface area contributed by atoms with Gasteiger partial charge in [-0.3, -0.25) is 0 Å². The molecule has 1 unspecified atom stereocenters. The van der Waals surface area contributed by atoms with Gasteiger partial charge in [0.2, 0.25) is 0 Å². The fourth-order valence-electron chi connectivity index (χ4n) is 1.21. The molecule has 0 amide bonds. The van der Waals surface area contributed by atoms with E-state index in [4.69, 9.17) is 4.52 Å². The smallest absolute Gasteiger partial charge is 0.146 e. The maximum Gasteiger partial charge on any atom is 0.512 e. The lowest BCUT2D eigenvalue weighted by molar-refractivity contribution is 0.317. The number of allylic oxidation sites excluding steroid dienone is 1. The van der Waals surface area contributed by atoms with Gasteiger partial charge in [0.05, 0.1) is 0 Å². The maximum atomic E-state index is 11.0. The first-order chi connectivity index (χ1) is 6.81. The van der Waals surface area contributed by atoms with Gasteiger partial charge >= 0.3 is 8.03 Å². The Bertz CT molecular complexity index is 157. The van der Waals surface area contributed by atoms with Crippen molar-refractivity contribution in [3.05, 3.63) is 12.7 Å². The van der Waals surface area contributed by atoms with Crippen molar-refractivity contribution in [3.63, 3.8) is 0 Å². The van der Waals surface area contributed by atoms with Gasteiger partial charge in [0.25, 0.3) is 0 Å². The van der Waals surface area contributed by atoms with Crippen molar-refractivity contribution < 1.29 is 9.09 Å². The molecule has 0 saturated carbocycles. The third-order valence-corrected chi connectivity index (χ3v) is 3.04. The first kappa shape index (κ1) is 13.8. The normalized spacial score (nSPS) is 11.4. The van der Waals surface area contributed by atoms with Gasteiger partial charge in [-0.25, -0.2) is 0 Å². The Kier molecular flexibility index (Phi) is 10.7. The van der Waals surface area contributed by atoms with Gasteiger partial charge in [0, 0.05) is 0 Å². The fourth-order valence-corrected chi connectivity index (χ4v) is 1.86. The molecule has 0 aromatic rings. The van der Waals surface area contributed by atoms with Crippen LogP contribution in [0.5, 0.6) is 0 Å². The van der Waals surface area contributed by atoms with Gasteiger partial charge in [-0.1, -0.05) is 45.6 Å². The average molecular weight is 217 g/mol. The Hall–Kier alpha value is -0.200. The molecule has 0 aromatic carbocycles. The first-order valence-corrected chi connectivity index (χ1v) is 6.86. The summed E-state index contributed by atoms with van der Waals surface area (Å²) in [6, 6.07) is 0. The Morgan fingerprint density at radius 3 is 2.50 bits per heavy atom. The molecule has 0 spiro atoms. The molecule has 82 valence electrons. The molecule has 0 aliphatic rings. The Labute approximate surface area is 88.6 Å². The number of hydrogen-bond donors (Lipinski definition) is 0. The highest BCUT2D eigenvalue weighted by Gasteiger charge is 2.12. The summed E-state index contributed by atoms with van der Waals surface area (Å²) >= 11 is 0. The van der Waals surface area contributed by atoms with Crippen molar-refractivity contribution in [3.8, 4) is 0 Å². The monoisotopic (exact) mass is 217 g/mol. The third kappa shape index (κ3) is 9.88. The second-order valence-corrected chi connectivity index (χ2v) is 4.69. The zero-order chi connectivity index (χ0) is 10.6. The second-order valence-electron chi connectivity index (χ2n) is 3.40. The summed E-state index contributed by atoms with van der Waals surface area (Å²) < 4.78 is 16.2. The van der Waals surface area contributed by atoms with Crippen LogP contribution < -0.4 is 0 Å². The fraction of sp³-hybridized carbons (Fsp3) is 0.818. The maximum absolute atomic E-state index is 11.0. The van der Waals surface area contributed by atoms with E-state index in [9.17, 15) is 4.57 Å². The molecule has 0 bridgehead atoms. The number of rotatable bonds is 10. The molecule has 2 nitrogen and oxygen atoms in total. The predicted octanol–water partition coefficient (Wildman–Crippen LogP) is 4.29. The zero-order valence-corrected chi connectivity index (χ0v) is 10.1. The predicted molar refractivity (Wildman–Crippen MR) is 62.0 cm³/mol. The molecule has 0 aliphatic heterocycles. The van der Waals surface area contributed by atoms with Gasteiger partial charge in [-0.15, -0.1) is 4.52 Å². The van der Waals surface area contributed by atoms with Crippen molar-refractivity contribution in [2.24, 2.45) is 0 Å². The standard InChI is InChI=1S/C11H22O2P/c1-3-5-6-7-8-9-10-13-14(12)11-4-2/h4H,2-3,5-11H2,1H3/q+1. The lowest BCUT2D eigenvalue weighted by Crippen LogP contribution is -1.88. The Morgan fingerprint density at radius 1 is 1.21 bits per heavy atom. The summed E-state index contributed by atoms with van der Waals surface area (Å²) in [5.74, 6) is 0. The van der Waals surface area contributed by atoms with E-state index in [0.717, 1.165) is 6.42 Å². The molecule has 0 heterocycles. The van der Waals surface area contributed by atoms with E-state index in [1.807, 2.05) is 0 Å². The van der Waals surface area contributed by atoms with Crippen LogP contribution in [-0.4, -0.2) is 12.8 Å². The van der Waals surface area contributed by atoms with Crippen LogP contribution in [0.3, 0.4) is 0 Å². The quantitative estimate of drug-likeness (QED) is 0.310. The van der Waals surface area contributed by atoms with E-state index in [-0.39, 0.29) is 0 Å². The van der Waals surface area contributed by atoms with Crippen molar-refractivity contribution in [2.45, 2.75) is 45.4 Å². The second kappa shape index (κ2) is 10.9. The number of unbranched alkanes of at least 4 members (excludes halogenated alkanes) is 5. The summed E-state index contributed by atoms with van der Waals surface area (Å²) in [5.41, 5.74) is 0. The van der Waals surface area contributed by atoms with Crippen molar-refractivity contribution in [2.75, 3.05) is 12.8 Å². The summed E-state index contributed by atoms with van der Waals surface area (Å²) in [5, 5.41) is 0. The van der Waals surface area contributed by atoms with E-state index >= 15 is 0 Å². The topological polar surface area (TPSA) is 26.3 Å². The van der Waals surface area contributed by atoms with Crippen LogP contribution in [0.25, 0.3) is 0 Å². The van der Waals surface area contributed by atoms with Gasteiger partial charge < -0.3 is 0 Å². The van der Waals surface area contributed by atoms with E-state index in [2.05, 4.69) is 13.5 Å². The average Bonchev–Trinajstić information content (AvgIpc) is 2.17. The highest BCUT2D eigenvalue weighted by Crippen LogP contribution is 2.22. The van der Waals surface area contributed by atoms with Gasteiger partial charge in [-0.05, 0) is 17.1 Å². The van der Waals surface area contributed by atoms with Gasteiger partial charge in [0.1, 0.15) is 6.61 Å². The van der Waals surface area contributed by atoms with Crippen LogP contribution >= 0.6 is 8.03 Å². The summed E-state index contributed by atoms with van der Waals surface area (Å²) in [4.78, 5) is 0. The van der Waals surface area contributed by atoms with Crippen LogP contribution in [0.1, 0.15) is 45.4 Å². The van der Waals surface area contributed by atoms with Crippen LogP contribution in [0.15, 0.2) is 12.7 Å². The van der Waals surface area contributed by atoms with Crippen LogP contribution in [0, 0.1) is 0 Å². The Balaban J connectivity index is 3.05. The van der Waals surface area contributed by atoms with Gasteiger partial charge in [-0.2, -0.15) is 0 Å². The SMILES string of the molecule is C=CC[P+](=O)OCCCCCCCC. The molecule has 0 aliphatic carbocycles. The minimum absolute atomic E-state index is 0.477. The molecular weight excluding hydrogens is 195 g/mol. The lowest BCUT2D eigenvalue weighted by atomic mass is 10.1. The zero-order valence-electron chi connectivity index (χ0n) is 9.21. The molecule has 14 heavy (non-hydrogen) atoms. The van der Waals surface area contributed by atoms with Crippen LogP contribution in [-0.2, 0) is 9.09 Å². The molecule has 0 radical (unpaired) electrons. The molecule has 0 N–H and O–H groups in total.